The topological polar surface area (TPSA) is 66.4 Å². The summed E-state index contributed by atoms with van der Waals surface area (Å²) in [5, 5.41) is 12.4. The van der Waals surface area contributed by atoms with Crippen molar-refractivity contribution in [2.75, 3.05) is 0 Å². The molecule has 1 amide bonds. The summed E-state index contributed by atoms with van der Waals surface area (Å²) in [6.45, 7) is 1.92. The molecule has 2 aliphatic rings. The van der Waals surface area contributed by atoms with E-state index in [9.17, 15) is 14.7 Å². The predicted molar refractivity (Wildman–Crippen MR) is 86.1 cm³/mol. The van der Waals surface area contributed by atoms with E-state index >= 15 is 0 Å². The maximum absolute atomic E-state index is 12.6. The molecule has 0 heterocycles. The molecule has 1 aromatic carbocycles. The molecule has 2 bridgehead atoms. The lowest BCUT2D eigenvalue weighted by Crippen LogP contribution is -2.41. The van der Waals surface area contributed by atoms with Gasteiger partial charge in [-0.3, -0.25) is 9.59 Å². The smallest absolute Gasteiger partial charge is 0.307 e. The first-order valence-electron chi connectivity index (χ1n) is 7.44. The summed E-state index contributed by atoms with van der Waals surface area (Å²) >= 11 is 3.38. The molecular formula is C17H18BrNO3. The van der Waals surface area contributed by atoms with Gasteiger partial charge < -0.3 is 10.4 Å². The molecule has 22 heavy (non-hydrogen) atoms. The number of fused-ring (bicyclic) bond motifs is 2. The Hall–Kier alpha value is -1.62. The fourth-order valence-electron chi connectivity index (χ4n) is 3.66. The first-order chi connectivity index (χ1) is 10.5. The number of halogens is 1. The van der Waals surface area contributed by atoms with Gasteiger partial charge in [-0.25, -0.2) is 0 Å². The van der Waals surface area contributed by atoms with Crippen LogP contribution in [0.4, 0.5) is 0 Å². The molecule has 0 saturated heterocycles. The van der Waals surface area contributed by atoms with Crippen molar-refractivity contribution >= 4 is 27.8 Å². The zero-order valence-electron chi connectivity index (χ0n) is 12.2. The number of carbonyl (C=O) groups is 2. The molecule has 0 radical (unpaired) electrons. The molecule has 1 saturated carbocycles. The minimum Gasteiger partial charge on any atom is -0.481 e. The van der Waals surface area contributed by atoms with Crippen molar-refractivity contribution in [3.05, 3.63) is 46.5 Å². The lowest BCUT2D eigenvalue weighted by atomic mass is 9.82. The molecule has 116 valence electrons. The Bertz CT molecular complexity index is 625. The van der Waals surface area contributed by atoms with E-state index in [1.165, 1.54) is 0 Å². The van der Waals surface area contributed by atoms with Crippen molar-refractivity contribution in [3.63, 3.8) is 0 Å². The lowest BCUT2D eigenvalue weighted by Gasteiger charge is -2.25. The molecule has 2 N–H and O–H groups in total. The van der Waals surface area contributed by atoms with Crippen molar-refractivity contribution in [1.29, 1.82) is 0 Å². The van der Waals surface area contributed by atoms with Crippen molar-refractivity contribution < 1.29 is 14.7 Å². The number of hydrogen-bond donors (Lipinski definition) is 2. The second-order valence-corrected chi connectivity index (χ2v) is 7.04. The number of hydrogen-bond acceptors (Lipinski definition) is 2. The summed E-state index contributed by atoms with van der Waals surface area (Å²) in [6, 6.07) is 7.61. The highest BCUT2D eigenvalue weighted by atomic mass is 79.9. The predicted octanol–water partition coefficient (Wildman–Crippen LogP) is 3.15. The molecule has 0 aromatic heterocycles. The average molecular weight is 364 g/mol. The van der Waals surface area contributed by atoms with Crippen LogP contribution in [-0.4, -0.2) is 17.0 Å². The van der Waals surface area contributed by atoms with Crippen molar-refractivity contribution in [2.24, 2.45) is 23.7 Å². The van der Waals surface area contributed by atoms with Crippen LogP contribution < -0.4 is 5.32 Å². The van der Waals surface area contributed by atoms with Gasteiger partial charge in [-0.1, -0.05) is 40.2 Å². The minimum absolute atomic E-state index is 0.00115. The highest BCUT2D eigenvalue weighted by Gasteiger charge is 2.51. The Morgan fingerprint density at radius 3 is 2.36 bits per heavy atom. The van der Waals surface area contributed by atoms with Gasteiger partial charge in [-0.05, 0) is 42.9 Å². The van der Waals surface area contributed by atoms with Crippen LogP contribution in [0.2, 0.25) is 0 Å². The molecule has 0 aliphatic heterocycles. The SMILES string of the molecule is CC(NC(=O)C1C2C=CC(C2)C1C(=O)O)c1ccc(Br)cc1. The number of benzene rings is 1. The number of allylic oxidation sites excluding steroid dienone is 2. The van der Waals surface area contributed by atoms with Crippen molar-refractivity contribution in [2.45, 2.75) is 19.4 Å². The highest BCUT2D eigenvalue weighted by Crippen LogP contribution is 2.48. The fourth-order valence-corrected chi connectivity index (χ4v) is 3.93. The fraction of sp³-hybridized carbons (Fsp3) is 0.412. The molecule has 0 spiro atoms. The minimum atomic E-state index is -0.867. The van der Waals surface area contributed by atoms with Gasteiger partial charge in [0.05, 0.1) is 17.9 Å². The second-order valence-electron chi connectivity index (χ2n) is 6.12. The van der Waals surface area contributed by atoms with E-state index < -0.39 is 17.8 Å². The molecule has 3 rings (SSSR count). The third-order valence-electron chi connectivity index (χ3n) is 4.78. The van der Waals surface area contributed by atoms with Gasteiger partial charge >= 0.3 is 5.97 Å². The van der Waals surface area contributed by atoms with E-state index in [4.69, 9.17) is 0 Å². The van der Waals surface area contributed by atoms with Crippen LogP contribution in [0.1, 0.15) is 24.9 Å². The number of amides is 1. The van der Waals surface area contributed by atoms with E-state index in [0.29, 0.717) is 0 Å². The van der Waals surface area contributed by atoms with Crippen LogP contribution in [-0.2, 0) is 9.59 Å². The summed E-state index contributed by atoms with van der Waals surface area (Å²) in [5.74, 6) is -2.00. The standard InChI is InChI=1S/C17H18BrNO3/c1-9(10-4-6-13(18)7-5-10)19-16(20)14-11-2-3-12(8-11)15(14)17(21)22/h2-7,9,11-12,14-15H,8H2,1H3,(H,19,20)(H,21,22). The quantitative estimate of drug-likeness (QED) is 0.807. The van der Waals surface area contributed by atoms with Crippen LogP contribution in [0.3, 0.4) is 0 Å². The normalized spacial score (nSPS) is 30.3. The summed E-state index contributed by atoms with van der Waals surface area (Å²) in [6.07, 6.45) is 4.73. The number of carbonyl (C=O) groups excluding carboxylic acids is 1. The van der Waals surface area contributed by atoms with Gasteiger partial charge in [0.25, 0.3) is 0 Å². The summed E-state index contributed by atoms with van der Waals surface area (Å²) < 4.78 is 0.985. The molecular weight excluding hydrogens is 346 g/mol. The summed E-state index contributed by atoms with van der Waals surface area (Å²) in [7, 11) is 0. The molecule has 2 aliphatic carbocycles. The summed E-state index contributed by atoms with van der Waals surface area (Å²) in [4.78, 5) is 24.1. The summed E-state index contributed by atoms with van der Waals surface area (Å²) in [5.41, 5.74) is 1.00. The maximum atomic E-state index is 12.6. The van der Waals surface area contributed by atoms with E-state index in [1.54, 1.807) is 0 Å². The number of aliphatic carboxylic acids is 1. The zero-order valence-corrected chi connectivity index (χ0v) is 13.8. The Morgan fingerprint density at radius 1 is 1.18 bits per heavy atom. The molecule has 5 unspecified atom stereocenters. The molecule has 1 aromatic rings. The van der Waals surface area contributed by atoms with E-state index in [1.807, 2.05) is 43.3 Å². The highest BCUT2D eigenvalue weighted by molar-refractivity contribution is 9.10. The third-order valence-corrected chi connectivity index (χ3v) is 5.30. The Morgan fingerprint density at radius 2 is 1.77 bits per heavy atom. The Kier molecular flexibility index (Phi) is 4.08. The van der Waals surface area contributed by atoms with Gasteiger partial charge in [0, 0.05) is 4.47 Å². The van der Waals surface area contributed by atoms with Crippen LogP contribution in [0.25, 0.3) is 0 Å². The van der Waals surface area contributed by atoms with Crippen LogP contribution >= 0.6 is 15.9 Å². The van der Waals surface area contributed by atoms with E-state index in [0.717, 1.165) is 16.5 Å². The van der Waals surface area contributed by atoms with E-state index in [-0.39, 0.29) is 23.8 Å². The molecule has 5 atom stereocenters. The van der Waals surface area contributed by atoms with Gasteiger partial charge in [-0.2, -0.15) is 0 Å². The van der Waals surface area contributed by atoms with Crippen molar-refractivity contribution in [1.82, 2.24) is 5.32 Å². The Labute approximate surface area is 137 Å². The largest absolute Gasteiger partial charge is 0.481 e. The zero-order chi connectivity index (χ0) is 15.9. The van der Waals surface area contributed by atoms with Gasteiger partial charge in [0.15, 0.2) is 0 Å². The first-order valence-corrected chi connectivity index (χ1v) is 8.23. The molecule has 5 heteroatoms. The maximum Gasteiger partial charge on any atom is 0.307 e. The monoisotopic (exact) mass is 363 g/mol. The van der Waals surface area contributed by atoms with Gasteiger partial charge in [0.2, 0.25) is 5.91 Å². The van der Waals surface area contributed by atoms with Crippen molar-refractivity contribution in [3.8, 4) is 0 Å². The van der Waals surface area contributed by atoms with Crippen LogP contribution in [0, 0.1) is 23.7 Å². The van der Waals surface area contributed by atoms with E-state index in [2.05, 4.69) is 21.2 Å². The number of rotatable bonds is 4. The van der Waals surface area contributed by atoms with Gasteiger partial charge in [-0.15, -0.1) is 0 Å². The number of nitrogens with one attached hydrogen (secondary N) is 1. The number of carboxylic acid groups (broad SMARTS) is 1. The third kappa shape index (κ3) is 2.70. The van der Waals surface area contributed by atoms with Gasteiger partial charge in [0.1, 0.15) is 0 Å². The van der Waals surface area contributed by atoms with Crippen LogP contribution in [0.15, 0.2) is 40.9 Å². The lowest BCUT2D eigenvalue weighted by molar-refractivity contribution is -0.148. The Balaban J connectivity index is 1.72. The first kappa shape index (κ1) is 15.3. The molecule has 4 nitrogen and oxygen atoms in total. The number of carboxylic acids is 1. The van der Waals surface area contributed by atoms with Crippen LogP contribution in [0.5, 0.6) is 0 Å². The second kappa shape index (κ2) is 5.88. The molecule has 1 fully saturated rings. The average Bonchev–Trinajstić information content (AvgIpc) is 3.08.